The maximum absolute atomic E-state index is 13.4. The lowest BCUT2D eigenvalue weighted by Gasteiger charge is -2.41. The molecule has 3 atom stereocenters. The van der Waals surface area contributed by atoms with Gasteiger partial charge in [0, 0.05) is 17.5 Å². The van der Waals surface area contributed by atoms with E-state index in [0.29, 0.717) is 0 Å². The number of carboxylic acid groups (broad SMARTS) is 2. The third-order valence-electron chi connectivity index (χ3n) is 7.31. The molecule has 0 radical (unpaired) electrons. The van der Waals surface area contributed by atoms with Crippen LogP contribution in [0.5, 0.6) is 11.5 Å². The van der Waals surface area contributed by atoms with E-state index >= 15 is 0 Å². The molecular formula is C25H25ClN8O11S2. The van der Waals surface area contributed by atoms with Gasteiger partial charge >= 0.3 is 18.0 Å². The Kier molecular flexibility index (Phi) is 8.49. The molecule has 0 bridgehead atoms. The smallest absolute Gasteiger partial charge is 0.350 e. The third-order valence-corrected chi connectivity index (χ3v) is 9.95. The van der Waals surface area contributed by atoms with Crippen molar-refractivity contribution in [3.05, 3.63) is 33.8 Å². The number of hydrazine groups is 1. The number of nitrogen functional groups attached to an aromatic ring is 1. The number of amides is 5. The highest BCUT2D eigenvalue weighted by Gasteiger charge is 2.66. The maximum Gasteiger partial charge on any atom is 0.350 e. The summed E-state index contributed by atoms with van der Waals surface area (Å²) in [5.74, 6) is -6.71. The minimum Gasteiger partial charge on any atom is -0.504 e. The Morgan fingerprint density at radius 3 is 2.49 bits per heavy atom. The van der Waals surface area contributed by atoms with E-state index in [-0.39, 0.29) is 34.5 Å². The summed E-state index contributed by atoms with van der Waals surface area (Å²) in [5, 5.41) is 46.2. The van der Waals surface area contributed by atoms with E-state index in [0.717, 1.165) is 45.1 Å². The molecule has 3 fully saturated rings. The second-order valence-corrected chi connectivity index (χ2v) is 13.5. The van der Waals surface area contributed by atoms with Crippen LogP contribution in [-0.2, 0) is 24.0 Å². The first kappa shape index (κ1) is 33.3. The molecular weight excluding hydrogens is 688 g/mol. The van der Waals surface area contributed by atoms with E-state index in [2.05, 4.69) is 20.9 Å². The van der Waals surface area contributed by atoms with Crippen LogP contribution in [-0.4, -0.2) is 123 Å². The number of thiazole rings is 1. The number of anilines is 1. The number of benzene rings is 1. The Morgan fingerprint density at radius 2 is 1.89 bits per heavy atom. The molecule has 22 heteroatoms. The maximum atomic E-state index is 13.4. The Morgan fingerprint density at radius 1 is 1.19 bits per heavy atom. The van der Waals surface area contributed by atoms with Crippen LogP contribution >= 0.6 is 34.7 Å². The molecule has 0 saturated carbocycles. The highest BCUT2D eigenvalue weighted by atomic mass is 35.5. The molecule has 19 nitrogen and oxygen atoms in total. The van der Waals surface area contributed by atoms with Crippen LogP contribution in [0.4, 0.5) is 9.93 Å². The summed E-state index contributed by atoms with van der Waals surface area (Å²) in [6, 6.07) is -0.210. The summed E-state index contributed by atoms with van der Waals surface area (Å²) in [4.78, 5) is 85.9. The van der Waals surface area contributed by atoms with Crippen molar-refractivity contribution in [1.82, 2.24) is 30.5 Å². The molecule has 8 N–H and O–H groups in total. The summed E-state index contributed by atoms with van der Waals surface area (Å²) in [6.45, 7) is 1.61. The van der Waals surface area contributed by atoms with Crippen LogP contribution in [0.25, 0.3) is 0 Å². The zero-order chi connectivity index (χ0) is 34.6. The Bertz CT molecular complexity index is 1730. The molecule has 0 aliphatic carbocycles. The lowest BCUT2D eigenvalue weighted by atomic mass is 10.1. The molecule has 3 saturated heterocycles. The van der Waals surface area contributed by atoms with Gasteiger partial charge in [-0.3, -0.25) is 24.7 Å². The second-order valence-electron chi connectivity index (χ2n) is 10.8. The summed E-state index contributed by atoms with van der Waals surface area (Å²) in [7, 11) is 0. The monoisotopic (exact) mass is 712 g/mol. The first-order valence-corrected chi connectivity index (χ1v) is 15.5. The van der Waals surface area contributed by atoms with E-state index < -0.39 is 81.3 Å². The molecule has 0 unspecified atom stereocenters. The summed E-state index contributed by atoms with van der Waals surface area (Å²) < 4.78 is 0. The molecule has 4 heterocycles. The number of nitrogens with one attached hydrogen (secondary N) is 2. The standard InChI is InChI=1S/C25H25ClN8O11S2/c1-24(2,20(40)41)45-31-13(11-7-46-22(27)28-11)17(38)29-14-18(39)32-8-25(21(42)43,47-19(14)32)33-3-4-34(23(33)44)30-16(37)9-5-10(26)15(36)12(35)6-9/h5-7,14,19,35-36H,3-4,8H2,1-2H3,(H2,27,28)(H,29,38)(H,30,37)(H,40,41)(H,42,43)/b31-13-/t14-,19-,25-/m1/s1. The minimum absolute atomic E-state index is 0.0620. The number of thioether (sulfide) groups is 1. The number of β-lactam (4-membered cyclic amide) rings is 1. The van der Waals surface area contributed by atoms with Crippen molar-refractivity contribution >= 4 is 81.2 Å². The molecule has 0 spiro atoms. The number of oxime groups is 1. The predicted molar refractivity (Wildman–Crippen MR) is 162 cm³/mol. The molecule has 5 rings (SSSR count). The normalized spacial score (nSPS) is 22.5. The van der Waals surface area contributed by atoms with Crippen molar-refractivity contribution in [2.45, 2.75) is 35.7 Å². The molecule has 2 aromatic rings. The van der Waals surface area contributed by atoms with Gasteiger partial charge in [-0.1, -0.05) is 28.5 Å². The number of phenolic OH excluding ortho intramolecular Hbond substituents is 2. The highest BCUT2D eigenvalue weighted by molar-refractivity contribution is 8.02. The number of aromatic nitrogens is 1. The fraction of sp³-hybridized carbons (Fsp3) is 0.360. The van der Waals surface area contributed by atoms with Gasteiger partial charge in [0.15, 0.2) is 22.3 Å². The third kappa shape index (κ3) is 5.87. The van der Waals surface area contributed by atoms with E-state index in [1.54, 1.807) is 0 Å². The van der Waals surface area contributed by atoms with Crippen LogP contribution in [0, 0.1) is 0 Å². The van der Waals surface area contributed by atoms with Crippen molar-refractivity contribution < 1.29 is 54.0 Å². The number of carbonyl (C=O) groups excluding carboxylic acids is 4. The number of aromatic hydroxyl groups is 2. The molecule has 1 aromatic heterocycles. The molecule has 250 valence electrons. The highest BCUT2D eigenvalue weighted by Crippen LogP contribution is 2.49. The fourth-order valence-corrected chi connectivity index (χ4v) is 7.09. The summed E-state index contributed by atoms with van der Waals surface area (Å²) in [5.41, 5.74) is 5.38. The van der Waals surface area contributed by atoms with Gasteiger partial charge < -0.3 is 41.2 Å². The second kappa shape index (κ2) is 12.0. The van der Waals surface area contributed by atoms with Crippen molar-refractivity contribution in [1.29, 1.82) is 0 Å². The number of hydrogen-bond donors (Lipinski definition) is 7. The Labute approximate surface area is 276 Å². The van der Waals surface area contributed by atoms with E-state index in [1.807, 2.05) is 0 Å². The first-order chi connectivity index (χ1) is 22.0. The SMILES string of the molecule is CC(C)(O/N=C(\C(=O)N[C@@H]1C(=O)N2C[C@@](C(=O)O)(N3CCN(NC(=O)c4cc(O)c(O)c(Cl)c4)C3=O)S[C@H]12)c1csc(N)n1)C(=O)O. The molecule has 3 aliphatic rings. The number of rotatable bonds is 10. The number of urea groups is 1. The molecule has 5 amide bonds. The van der Waals surface area contributed by atoms with Crippen LogP contribution in [0.1, 0.15) is 29.9 Å². The van der Waals surface area contributed by atoms with Gasteiger partial charge in [-0.05, 0) is 26.0 Å². The van der Waals surface area contributed by atoms with Gasteiger partial charge in [-0.15, -0.1) is 11.3 Å². The number of fused-ring (bicyclic) bond motifs is 1. The van der Waals surface area contributed by atoms with Crippen LogP contribution in [0.2, 0.25) is 5.02 Å². The zero-order valence-electron chi connectivity index (χ0n) is 24.2. The number of aliphatic carboxylic acids is 2. The predicted octanol–water partition coefficient (Wildman–Crippen LogP) is -0.363. The van der Waals surface area contributed by atoms with Gasteiger partial charge in [0.05, 0.1) is 18.1 Å². The van der Waals surface area contributed by atoms with Crippen molar-refractivity contribution in [2.24, 2.45) is 5.16 Å². The van der Waals surface area contributed by atoms with Crippen LogP contribution in [0.15, 0.2) is 22.7 Å². The largest absolute Gasteiger partial charge is 0.504 e. The Balaban J connectivity index is 1.31. The van der Waals surface area contributed by atoms with E-state index in [9.17, 15) is 49.2 Å². The number of carbonyl (C=O) groups is 6. The summed E-state index contributed by atoms with van der Waals surface area (Å²) >= 11 is 7.49. The number of carboxylic acids is 2. The number of nitrogens with zero attached hydrogens (tertiary/aromatic N) is 5. The van der Waals surface area contributed by atoms with E-state index in [4.69, 9.17) is 22.2 Å². The van der Waals surface area contributed by atoms with Gasteiger partial charge in [0.1, 0.15) is 17.1 Å². The molecule has 47 heavy (non-hydrogen) atoms. The lowest BCUT2D eigenvalue weighted by molar-refractivity contribution is -0.161. The van der Waals surface area contributed by atoms with E-state index in [1.165, 1.54) is 24.1 Å². The van der Waals surface area contributed by atoms with Crippen molar-refractivity contribution in [3.63, 3.8) is 0 Å². The molecule has 3 aliphatic heterocycles. The number of phenols is 2. The van der Waals surface area contributed by atoms with Crippen LogP contribution < -0.4 is 16.5 Å². The molecule has 1 aromatic carbocycles. The average Bonchev–Trinajstić information content (AvgIpc) is 3.70. The van der Waals surface area contributed by atoms with Crippen molar-refractivity contribution in [2.75, 3.05) is 25.4 Å². The van der Waals surface area contributed by atoms with Gasteiger partial charge in [0.25, 0.3) is 11.8 Å². The summed E-state index contributed by atoms with van der Waals surface area (Å²) in [6.07, 6.45) is 0. The van der Waals surface area contributed by atoms with Crippen molar-refractivity contribution in [3.8, 4) is 11.5 Å². The number of hydrogen-bond acceptors (Lipinski definition) is 14. The average molecular weight is 713 g/mol. The number of halogens is 1. The number of nitrogens with two attached hydrogens (primary N) is 1. The Hall–Kier alpha value is -5.02. The first-order valence-electron chi connectivity index (χ1n) is 13.3. The quantitative estimate of drug-likeness (QED) is 0.0717. The van der Waals surface area contributed by atoms with Gasteiger partial charge in [-0.25, -0.2) is 24.4 Å². The minimum atomic E-state index is -2.01. The zero-order valence-corrected chi connectivity index (χ0v) is 26.6. The van der Waals surface area contributed by atoms with Crippen LogP contribution in [0.3, 0.4) is 0 Å². The fourth-order valence-electron chi connectivity index (χ4n) is 4.69. The van der Waals surface area contributed by atoms with Gasteiger partial charge in [-0.2, -0.15) is 0 Å². The topological polar surface area (TPSA) is 278 Å². The lowest BCUT2D eigenvalue weighted by Crippen LogP contribution is -2.68. The van der Waals surface area contributed by atoms with Gasteiger partial charge in [0.2, 0.25) is 16.4 Å².